The van der Waals surface area contributed by atoms with Crippen LogP contribution in [0.5, 0.6) is 17.2 Å². The van der Waals surface area contributed by atoms with E-state index in [4.69, 9.17) is 14.2 Å². The van der Waals surface area contributed by atoms with Crippen LogP contribution in [-0.4, -0.2) is 27.4 Å². The summed E-state index contributed by atoms with van der Waals surface area (Å²) in [5.41, 5.74) is 4.28. The Balaban J connectivity index is 1.70. The van der Waals surface area contributed by atoms with E-state index in [2.05, 4.69) is 16.7 Å². The number of carbonyl (C=O) groups excluding carboxylic acids is 1. The Bertz CT molecular complexity index is 820. The molecule has 6 nitrogen and oxygen atoms in total. The number of methoxy groups -OCH3 is 3. The Hall–Kier alpha value is -2.89. The third-order valence-electron chi connectivity index (χ3n) is 4.87. The van der Waals surface area contributed by atoms with E-state index in [9.17, 15) is 4.79 Å². The molecule has 2 aromatic carbocycles. The molecule has 0 atom stereocenters. The number of fused-ring (bicyclic) bond motifs is 1. The SMILES string of the molecule is COc1ccc(CNC(=O)Nc2cccc3c2CCCC3)c(OC)c1OC. The van der Waals surface area contributed by atoms with Crippen molar-refractivity contribution < 1.29 is 19.0 Å². The maximum atomic E-state index is 12.4. The van der Waals surface area contributed by atoms with Gasteiger partial charge in [-0.15, -0.1) is 0 Å². The molecule has 2 N–H and O–H groups in total. The van der Waals surface area contributed by atoms with Crippen LogP contribution in [0.4, 0.5) is 10.5 Å². The van der Waals surface area contributed by atoms with Crippen molar-refractivity contribution in [3.05, 3.63) is 47.0 Å². The Labute approximate surface area is 159 Å². The van der Waals surface area contributed by atoms with E-state index in [1.165, 1.54) is 17.5 Å². The van der Waals surface area contributed by atoms with Crippen LogP contribution in [0.25, 0.3) is 0 Å². The van der Waals surface area contributed by atoms with Crippen molar-refractivity contribution in [2.45, 2.75) is 32.2 Å². The van der Waals surface area contributed by atoms with Crippen LogP contribution in [0, 0.1) is 0 Å². The predicted octanol–water partition coefficient (Wildman–Crippen LogP) is 3.91. The van der Waals surface area contributed by atoms with Gasteiger partial charge in [-0.3, -0.25) is 0 Å². The van der Waals surface area contributed by atoms with E-state index in [1.807, 2.05) is 18.2 Å². The van der Waals surface area contributed by atoms with Crippen molar-refractivity contribution >= 4 is 11.7 Å². The third-order valence-corrected chi connectivity index (χ3v) is 4.87. The number of nitrogens with one attached hydrogen (secondary N) is 2. The number of anilines is 1. The molecular weight excluding hydrogens is 344 g/mol. The lowest BCUT2D eigenvalue weighted by Gasteiger charge is -2.20. The van der Waals surface area contributed by atoms with Gasteiger partial charge in [-0.05, 0) is 55.0 Å². The molecule has 0 saturated heterocycles. The van der Waals surface area contributed by atoms with E-state index in [-0.39, 0.29) is 6.03 Å². The Kier molecular flexibility index (Phi) is 6.06. The van der Waals surface area contributed by atoms with Crippen molar-refractivity contribution in [2.24, 2.45) is 0 Å². The first-order chi connectivity index (χ1) is 13.2. The molecule has 0 fully saturated rings. The minimum atomic E-state index is -0.245. The second kappa shape index (κ2) is 8.66. The van der Waals surface area contributed by atoms with E-state index < -0.39 is 0 Å². The van der Waals surface area contributed by atoms with Crippen molar-refractivity contribution in [3.8, 4) is 17.2 Å². The highest BCUT2D eigenvalue weighted by Crippen LogP contribution is 2.39. The highest BCUT2D eigenvalue weighted by molar-refractivity contribution is 5.90. The summed E-state index contributed by atoms with van der Waals surface area (Å²) in [7, 11) is 4.70. The first-order valence-electron chi connectivity index (χ1n) is 9.11. The highest BCUT2D eigenvalue weighted by Gasteiger charge is 2.17. The lowest BCUT2D eigenvalue weighted by atomic mass is 9.90. The second-order valence-corrected chi connectivity index (χ2v) is 6.45. The fourth-order valence-electron chi connectivity index (χ4n) is 3.54. The number of hydrogen-bond donors (Lipinski definition) is 2. The summed E-state index contributed by atoms with van der Waals surface area (Å²) in [6.45, 7) is 0.310. The van der Waals surface area contributed by atoms with Crippen LogP contribution in [0.3, 0.4) is 0 Å². The Morgan fingerprint density at radius 1 is 0.963 bits per heavy atom. The van der Waals surface area contributed by atoms with Crippen molar-refractivity contribution in [2.75, 3.05) is 26.6 Å². The summed E-state index contributed by atoms with van der Waals surface area (Å²) in [6, 6.07) is 9.50. The largest absolute Gasteiger partial charge is 0.493 e. The number of hydrogen-bond acceptors (Lipinski definition) is 4. The van der Waals surface area contributed by atoms with Crippen LogP contribution in [0.2, 0.25) is 0 Å². The summed E-state index contributed by atoms with van der Waals surface area (Å²) in [6.07, 6.45) is 4.46. The second-order valence-electron chi connectivity index (χ2n) is 6.45. The van der Waals surface area contributed by atoms with Gasteiger partial charge in [0.05, 0.1) is 21.3 Å². The van der Waals surface area contributed by atoms with Crippen LogP contribution in [0.15, 0.2) is 30.3 Å². The van der Waals surface area contributed by atoms with Gasteiger partial charge in [0.2, 0.25) is 5.75 Å². The van der Waals surface area contributed by atoms with Gasteiger partial charge < -0.3 is 24.8 Å². The molecule has 0 heterocycles. The average molecular weight is 370 g/mol. The number of benzene rings is 2. The molecule has 0 bridgehead atoms. The predicted molar refractivity (Wildman–Crippen MR) is 105 cm³/mol. The summed E-state index contributed by atoms with van der Waals surface area (Å²) in [5, 5.41) is 5.87. The van der Waals surface area contributed by atoms with E-state index in [0.29, 0.717) is 23.8 Å². The molecule has 1 aliphatic rings. The van der Waals surface area contributed by atoms with E-state index >= 15 is 0 Å². The molecule has 1 aliphatic carbocycles. The molecular formula is C21H26N2O4. The lowest BCUT2D eigenvalue weighted by molar-refractivity contribution is 0.251. The normalized spacial score (nSPS) is 12.7. The Morgan fingerprint density at radius 3 is 2.48 bits per heavy atom. The number of amides is 2. The monoisotopic (exact) mass is 370 g/mol. The lowest BCUT2D eigenvalue weighted by Crippen LogP contribution is -2.29. The minimum Gasteiger partial charge on any atom is -0.493 e. The molecule has 27 heavy (non-hydrogen) atoms. The van der Waals surface area contributed by atoms with E-state index in [0.717, 1.165) is 30.5 Å². The molecule has 0 unspecified atom stereocenters. The van der Waals surface area contributed by atoms with Gasteiger partial charge in [-0.25, -0.2) is 4.79 Å². The van der Waals surface area contributed by atoms with Crippen molar-refractivity contribution in [1.29, 1.82) is 0 Å². The van der Waals surface area contributed by atoms with Gasteiger partial charge in [0.25, 0.3) is 0 Å². The number of carbonyl (C=O) groups is 1. The van der Waals surface area contributed by atoms with Gasteiger partial charge in [0, 0.05) is 17.8 Å². The van der Waals surface area contributed by atoms with Gasteiger partial charge in [-0.1, -0.05) is 12.1 Å². The standard InChI is InChI=1S/C21H26N2O4/c1-25-18-12-11-15(19(26-2)20(18)27-3)13-22-21(24)23-17-10-6-8-14-7-4-5-9-16(14)17/h6,8,10-12H,4-5,7,9,13H2,1-3H3,(H2,22,23,24). The van der Waals surface area contributed by atoms with Gasteiger partial charge in [0.1, 0.15) is 0 Å². The van der Waals surface area contributed by atoms with Crippen LogP contribution in [-0.2, 0) is 19.4 Å². The molecule has 0 saturated carbocycles. The average Bonchev–Trinajstić information content (AvgIpc) is 2.71. The zero-order valence-electron chi connectivity index (χ0n) is 16.1. The molecule has 0 spiro atoms. The maximum absolute atomic E-state index is 12.4. The van der Waals surface area contributed by atoms with Gasteiger partial charge >= 0.3 is 6.03 Å². The summed E-state index contributed by atoms with van der Waals surface area (Å²) in [4.78, 5) is 12.4. The fraction of sp³-hybridized carbons (Fsp3) is 0.381. The minimum absolute atomic E-state index is 0.245. The number of ether oxygens (including phenoxy) is 3. The first-order valence-corrected chi connectivity index (χ1v) is 9.11. The topological polar surface area (TPSA) is 68.8 Å². The molecule has 2 amide bonds. The Morgan fingerprint density at radius 2 is 1.74 bits per heavy atom. The van der Waals surface area contributed by atoms with E-state index in [1.54, 1.807) is 27.4 Å². The first kappa shape index (κ1) is 18.9. The number of urea groups is 1. The van der Waals surface area contributed by atoms with Crippen LogP contribution < -0.4 is 24.8 Å². The van der Waals surface area contributed by atoms with Crippen molar-refractivity contribution in [3.63, 3.8) is 0 Å². The molecule has 0 aromatic heterocycles. The highest BCUT2D eigenvalue weighted by atomic mass is 16.5. The quantitative estimate of drug-likeness (QED) is 0.809. The maximum Gasteiger partial charge on any atom is 0.319 e. The molecule has 144 valence electrons. The number of rotatable bonds is 6. The van der Waals surface area contributed by atoms with Crippen LogP contribution >= 0.6 is 0 Å². The fourth-order valence-corrected chi connectivity index (χ4v) is 3.54. The van der Waals surface area contributed by atoms with Gasteiger partial charge in [0.15, 0.2) is 11.5 Å². The zero-order chi connectivity index (χ0) is 19.2. The molecule has 2 aromatic rings. The third kappa shape index (κ3) is 4.10. The number of aryl methyl sites for hydroxylation is 1. The molecule has 0 aliphatic heterocycles. The smallest absolute Gasteiger partial charge is 0.319 e. The van der Waals surface area contributed by atoms with Crippen molar-refractivity contribution in [1.82, 2.24) is 5.32 Å². The summed E-state index contributed by atoms with van der Waals surface area (Å²) in [5.74, 6) is 1.64. The summed E-state index contributed by atoms with van der Waals surface area (Å²) < 4.78 is 16.1. The van der Waals surface area contributed by atoms with Gasteiger partial charge in [-0.2, -0.15) is 0 Å². The summed E-state index contributed by atoms with van der Waals surface area (Å²) >= 11 is 0. The zero-order valence-corrected chi connectivity index (χ0v) is 16.1. The molecule has 3 rings (SSSR count). The van der Waals surface area contributed by atoms with Crippen LogP contribution in [0.1, 0.15) is 29.5 Å². The molecule has 6 heteroatoms. The molecule has 0 radical (unpaired) electrons.